The van der Waals surface area contributed by atoms with Gasteiger partial charge >= 0.3 is 0 Å². The number of benzene rings is 1. The van der Waals surface area contributed by atoms with Crippen LogP contribution in [-0.4, -0.2) is 54.7 Å². The molecule has 3 N–H and O–H groups in total. The minimum absolute atomic E-state index is 0.0171. The Labute approximate surface area is 175 Å². The van der Waals surface area contributed by atoms with Crippen molar-refractivity contribution in [3.05, 3.63) is 41.4 Å². The molecule has 0 radical (unpaired) electrons. The molecule has 3 aromatic heterocycles. The van der Waals surface area contributed by atoms with E-state index in [1.807, 2.05) is 6.92 Å². The van der Waals surface area contributed by atoms with Crippen molar-refractivity contribution in [2.24, 2.45) is 0 Å². The number of hydrogen-bond acceptors (Lipinski definition) is 7. The lowest BCUT2D eigenvalue weighted by atomic mass is 10.2. The molecule has 5 heterocycles. The molecule has 2 unspecified atom stereocenters. The number of nitrogens with one attached hydrogen (secondary N) is 3. The zero-order valence-electron chi connectivity index (χ0n) is 16.9. The van der Waals surface area contributed by atoms with E-state index in [-0.39, 0.29) is 12.1 Å². The average Bonchev–Trinajstić information content (AvgIpc) is 3.46. The highest BCUT2D eigenvalue weighted by Gasteiger charge is 2.33. The Morgan fingerprint density at radius 2 is 1.94 bits per heavy atom. The Morgan fingerprint density at radius 3 is 2.74 bits per heavy atom. The van der Waals surface area contributed by atoms with Crippen molar-refractivity contribution < 1.29 is 8.78 Å². The SMILES string of the molecule is Cc1cnn2c(NCc3nc4c(F)c(F)ccc4[nH]3)nc(N3CC4CCC(C3)N4)nc12. The van der Waals surface area contributed by atoms with E-state index in [4.69, 9.17) is 9.97 Å². The first kappa shape index (κ1) is 18.4. The first-order valence-corrected chi connectivity index (χ1v) is 10.3. The number of aromatic amines is 1. The molecular weight excluding hydrogens is 404 g/mol. The Kier molecular flexibility index (Phi) is 4.07. The molecule has 2 aliphatic heterocycles. The predicted molar refractivity (Wildman–Crippen MR) is 111 cm³/mol. The van der Waals surface area contributed by atoms with Crippen molar-refractivity contribution in [3.63, 3.8) is 0 Å². The number of rotatable bonds is 4. The summed E-state index contributed by atoms with van der Waals surface area (Å²) >= 11 is 0. The molecule has 0 spiro atoms. The first-order valence-electron chi connectivity index (χ1n) is 10.3. The topological polar surface area (TPSA) is 99.1 Å². The Bertz CT molecular complexity index is 1290. The molecule has 0 amide bonds. The summed E-state index contributed by atoms with van der Waals surface area (Å²) < 4.78 is 29.1. The third-order valence-electron chi connectivity index (χ3n) is 6.04. The molecule has 1 aromatic carbocycles. The fourth-order valence-electron chi connectivity index (χ4n) is 4.51. The van der Waals surface area contributed by atoms with Crippen LogP contribution in [0.5, 0.6) is 0 Å². The molecule has 2 atom stereocenters. The van der Waals surface area contributed by atoms with Crippen LogP contribution in [0.25, 0.3) is 16.7 Å². The maximum Gasteiger partial charge on any atom is 0.230 e. The van der Waals surface area contributed by atoms with Crippen molar-refractivity contribution in [2.45, 2.75) is 38.4 Å². The second-order valence-electron chi connectivity index (χ2n) is 8.25. The fraction of sp³-hybridized carbons (Fsp3) is 0.400. The lowest BCUT2D eigenvalue weighted by Gasteiger charge is -2.33. The summed E-state index contributed by atoms with van der Waals surface area (Å²) in [5.74, 6) is -0.224. The Hall–Kier alpha value is -3.34. The second-order valence-corrected chi connectivity index (χ2v) is 8.25. The van der Waals surface area contributed by atoms with Crippen molar-refractivity contribution in [1.82, 2.24) is 34.9 Å². The molecule has 2 bridgehead atoms. The van der Waals surface area contributed by atoms with E-state index in [2.05, 4.69) is 30.6 Å². The highest BCUT2D eigenvalue weighted by atomic mass is 19.2. The van der Waals surface area contributed by atoms with Crippen LogP contribution in [0.15, 0.2) is 18.3 Å². The molecule has 2 fully saturated rings. The van der Waals surface area contributed by atoms with Crippen LogP contribution in [0.1, 0.15) is 24.2 Å². The number of hydrogen-bond donors (Lipinski definition) is 3. The van der Waals surface area contributed by atoms with E-state index in [0.717, 1.165) is 30.4 Å². The highest BCUT2D eigenvalue weighted by Crippen LogP contribution is 2.25. The summed E-state index contributed by atoms with van der Waals surface area (Å²) in [5.41, 5.74) is 2.11. The summed E-state index contributed by atoms with van der Waals surface area (Å²) in [6.45, 7) is 3.94. The number of aryl methyl sites for hydroxylation is 1. The highest BCUT2D eigenvalue weighted by molar-refractivity contribution is 5.75. The average molecular weight is 425 g/mol. The molecule has 4 aromatic rings. The maximum absolute atomic E-state index is 14.0. The fourth-order valence-corrected chi connectivity index (χ4v) is 4.51. The van der Waals surface area contributed by atoms with Gasteiger partial charge in [0.05, 0.1) is 18.3 Å². The van der Waals surface area contributed by atoms with E-state index in [9.17, 15) is 8.78 Å². The van der Waals surface area contributed by atoms with E-state index in [1.165, 1.54) is 18.9 Å². The van der Waals surface area contributed by atoms with Crippen molar-refractivity contribution in [3.8, 4) is 0 Å². The lowest BCUT2D eigenvalue weighted by Crippen LogP contribution is -2.51. The number of piperazine rings is 1. The van der Waals surface area contributed by atoms with Gasteiger partial charge in [-0.3, -0.25) is 0 Å². The molecule has 2 saturated heterocycles. The van der Waals surface area contributed by atoms with Gasteiger partial charge in [0.15, 0.2) is 17.3 Å². The molecule has 11 heteroatoms. The minimum atomic E-state index is -0.956. The molecule has 160 valence electrons. The van der Waals surface area contributed by atoms with Gasteiger partial charge in [-0.05, 0) is 31.9 Å². The van der Waals surface area contributed by atoms with Crippen LogP contribution in [0, 0.1) is 18.6 Å². The van der Waals surface area contributed by atoms with E-state index >= 15 is 0 Å². The van der Waals surface area contributed by atoms with Crippen LogP contribution in [0.3, 0.4) is 0 Å². The molecule has 9 nitrogen and oxygen atoms in total. The number of nitrogens with zero attached hydrogens (tertiary/aromatic N) is 6. The number of aromatic nitrogens is 6. The van der Waals surface area contributed by atoms with Crippen LogP contribution in [-0.2, 0) is 6.54 Å². The van der Waals surface area contributed by atoms with Crippen molar-refractivity contribution in [2.75, 3.05) is 23.3 Å². The van der Waals surface area contributed by atoms with E-state index < -0.39 is 11.6 Å². The van der Waals surface area contributed by atoms with Crippen molar-refractivity contribution >= 4 is 28.6 Å². The van der Waals surface area contributed by atoms with Gasteiger partial charge in [-0.2, -0.15) is 19.6 Å². The lowest BCUT2D eigenvalue weighted by molar-refractivity contribution is 0.460. The predicted octanol–water partition coefficient (Wildman–Crippen LogP) is 2.14. The summed E-state index contributed by atoms with van der Waals surface area (Å²) in [7, 11) is 0. The third-order valence-corrected chi connectivity index (χ3v) is 6.04. The van der Waals surface area contributed by atoms with E-state index in [1.54, 1.807) is 10.7 Å². The first-order chi connectivity index (χ1) is 15.0. The van der Waals surface area contributed by atoms with Gasteiger partial charge in [0, 0.05) is 30.7 Å². The van der Waals surface area contributed by atoms with Gasteiger partial charge in [-0.25, -0.2) is 13.8 Å². The number of imidazole rings is 1. The van der Waals surface area contributed by atoms with E-state index in [0.29, 0.717) is 35.3 Å². The maximum atomic E-state index is 14.0. The summed E-state index contributed by atoms with van der Waals surface area (Å²) in [6.07, 6.45) is 4.09. The summed E-state index contributed by atoms with van der Waals surface area (Å²) in [4.78, 5) is 18.9. The smallest absolute Gasteiger partial charge is 0.230 e. The number of fused-ring (bicyclic) bond motifs is 4. The standard InChI is InChI=1S/C20H21F2N9/c1-10-6-24-31-18(10)28-20(30-8-11-2-3-12(9-30)25-11)29-19(31)23-7-15-26-14-5-4-13(21)16(22)17(14)27-15/h4-6,11-12,25H,2-3,7-9H2,1H3,(H,26,27)(H,23,28,29). The number of anilines is 2. The number of halogens is 2. The monoisotopic (exact) mass is 425 g/mol. The van der Waals surface area contributed by atoms with Crippen LogP contribution < -0.4 is 15.5 Å². The second kappa shape index (κ2) is 6.84. The molecule has 31 heavy (non-hydrogen) atoms. The van der Waals surface area contributed by atoms with Gasteiger partial charge in [0.25, 0.3) is 0 Å². The molecule has 0 aliphatic carbocycles. The summed E-state index contributed by atoms with van der Waals surface area (Å²) in [5, 5.41) is 11.2. The molecule has 6 rings (SSSR count). The van der Waals surface area contributed by atoms with Gasteiger partial charge in [-0.1, -0.05) is 0 Å². The van der Waals surface area contributed by atoms with Gasteiger partial charge < -0.3 is 20.5 Å². The third kappa shape index (κ3) is 3.07. The van der Waals surface area contributed by atoms with Crippen LogP contribution >= 0.6 is 0 Å². The summed E-state index contributed by atoms with van der Waals surface area (Å²) in [6, 6.07) is 3.49. The van der Waals surface area contributed by atoms with Crippen LogP contribution in [0.4, 0.5) is 20.7 Å². The molecule has 2 aliphatic rings. The van der Waals surface area contributed by atoms with Gasteiger partial charge in [-0.15, -0.1) is 0 Å². The normalized spacial score (nSPS) is 20.8. The van der Waals surface area contributed by atoms with Gasteiger partial charge in [0.1, 0.15) is 11.3 Å². The largest absolute Gasteiger partial charge is 0.347 e. The number of H-pyrrole nitrogens is 1. The zero-order chi connectivity index (χ0) is 21.1. The Balaban J connectivity index is 1.32. The van der Waals surface area contributed by atoms with Gasteiger partial charge in [0.2, 0.25) is 11.9 Å². The van der Waals surface area contributed by atoms with Crippen molar-refractivity contribution in [1.29, 1.82) is 0 Å². The molecular formula is C20H21F2N9. The molecule has 0 saturated carbocycles. The Morgan fingerprint density at radius 1 is 1.13 bits per heavy atom. The zero-order valence-corrected chi connectivity index (χ0v) is 16.9. The van der Waals surface area contributed by atoms with Crippen LogP contribution in [0.2, 0.25) is 0 Å². The minimum Gasteiger partial charge on any atom is -0.347 e. The quantitative estimate of drug-likeness (QED) is 0.461.